The van der Waals surface area contributed by atoms with Gasteiger partial charge in [-0.2, -0.15) is 0 Å². The summed E-state index contributed by atoms with van der Waals surface area (Å²) in [5.41, 5.74) is 1.41. The predicted molar refractivity (Wildman–Crippen MR) is 131 cm³/mol. The molecule has 3 rings (SSSR count). The van der Waals surface area contributed by atoms with Gasteiger partial charge in [-0.15, -0.1) is 0 Å². The zero-order valence-electron chi connectivity index (χ0n) is 20.8. The highest BCUT2D eigenvalue weighted by molar-refractivity contribution is 5.96. The summed E-state index contributed by atoms with van der Waals surface area (Å²) in [7, 11) is 0. The Hall–Kier alpha value is -3.19. The zero-order valence-corrected chi connectivity index (χ0v) is 20.8. The Morgan fingerprint density at radius 1 is 1.03 bits per heavy atom. The van der Waals surface area contributed by atoms with E-state index in [0.717, 1.165) is 11.1 Å². The summed E-state index contributed by atoms with van der Waals surface area (Å²) in [5, 5.41) is 0. The van der Waals surface area contributed by atoms with Gasteiger partial charge in [0.05, 0.1) is 19.1 Å². The Kier molecular flexibility index (Phi) is 9.43. The number of hydrogen-bond acceptors (Lipinski definition) is 6. The van der Waals surface area contributed by atoms with Crippen LogP contribution in [-0.4, -0.2) is 47.7 Å². The van der Waals surface area contributed by atoms with Crippen molar-refractivity contribution < 1.29 is 28.6 Å². The molecule has 0 bridgehead atoms. The molecule has 7 heteroatoms. The van der Waals surface area contributed by atoms with E-state index in [2.05, 4.69) is 0 Å². The summed E-state index contributed by atoms with van der Waals surface area (Å²) in [6, 6.07) is 19.1. The normalized spacial score (nSPS) is 16.6. The number of ether oxygens (including phenoxy) is 3. The minimum Gasteiger partial charge on any atom is -0.460 e. The molecule has 1 aliphatic rings. The van der Waals surface area contributed by atoms with Crippen LogP contribution in [0.15, 0.2) is 60.7 Å². The largest absolute Gasteiger partial charge is 0.460 e. The summed E-state index contributed by atoms with van der Waals surface area (Å²) in [5.74, 6) is -1.57. The maximum absolute atomic E-state index is 13.5. The molecule has 0 N–H and O–H groups in total. The SMILES string of the molecule is CC(C)(C)OC(=O)CC(CCCOCc1ccccc1)C(=O)N1C(=O)OC[C@H]1Cc1ccccc1. The van der Waals surface area contributed by atoms with Crippen molar-refractivity contribution >= 4 is 18.0 Å². The van der Waals surface area contributed by atoms with Crippen molar-refractivity contribution in [1.82, 2.24) is 4.90 Å². The Labute approximate surface area is 207 Å². The summed E-state index contributed by atoms with van der Waals surface area (Å²) < 4.78 is 16.4. The standard InChI is InChI=1S/C28H35NO6/c1-28(2,3)35-25(30)18-23(15-10-16-33-19-22-13-8-5-9-14-22)26(31)29-24(20-34-27(29)32)17-21-11-6-4-7-12-21/h4-9,11-14,23-24H,10,15-20H2,1-3H3/t23?,24-/m1/s1. The van der Waals surface area contributed by atoms with Crippen LogP contribution in [0.4, 0.5) is 4.79 Å². The number of nitrogens with zero attached hydrogens (tertiary/aromatic N) is 1. The smallest absolute Gasteiger partial charge is 0.416 e. The van der Waals surface area contributed by atoms with Crippen LogP contribution < -0.4 is 0 Å². The van der Waals surface area contributed by atoms with Crippen LogP contribution in [0.25, 0.3) is 0 Å². The van der Waals surface area contributed by atoms with E-state index in [4.69, 9.17) is 14.2 Å². The molecule has 7 nitrogen and oxygen atoms in total. The molecule has 1 saturated heterocycles. The van der Waals surface area contributed by atoms with Crippen molar-refractivity contribution in [3.05, 3.63) is 71.8 Å². The molecule has 1 aliphatic heterocycles. The molecule has 2 aromatic carbocycles. The van der Waals surface area contributed by atoms with Gasteiger partial charge in [0.25, 0.3) is 0 Å². The van der Waals surface area contributed by atoms with Crippen LogP contribution in [0, 0.1) is 5.92 Å². The fraction of sp³-hybridized carbons (Fsp3) is 0.464. The Morgan fingerprint density at radius 3 is 2.29 bits per heavy atom. The average Bonchev–Trinajstić information content (AvgIpc) is 3.17. The first-order chi connectivity index (χ1) is 16.7. The highest BCUT2D eigenvalue weighted by Gasteiger charge is 2.41. The van der Waals surface area contributed by atoms with Gasteiger partial charge in [0, 0.05) is 12.5 Å². The molecule has 1 fully saturated rings. The average molecular weight is 482 g/mol. The van der Waals surface area contributed by atoms with Crippen molar-refractivity contribution in [3.63, 3.8) is 0 Å². The Balaban J connectivity index is 1.64. The third kappa shape index (κ3) is 8.51. The highest BCUT2D eigenvalue weighted by Crippen LogP contribution is 2.25. The molecule has 1 unspecified atom stereocenters. The molecule has 0 aromatic heterocycles. The summed E-state index contributed by atoms with van der Waals surface area (Å²) in [4.78, 5) is 39.8. The second-order valence-corrected chi connectivity index (χ2v) is 9.80. The van der Waals surface area contributed by atoms with E-state index >= 15 is 0 Å². The Bertz CT molecular complexity index is 970. The second kappa shape index (κ2) is 12.5. The highest BCUT2D eigenvalue weighted by atomic mass is 16.6. The lowest BCUT2D eigenvalue weighted by molar-refractivity contribution is -0.158. The van der Waals surface area contributed by atoms with Crippen LogP contribution in [0.5, 0.6) is 0 Å². The molecule has 2 aromatic rings. The van der Waals surface area contributed by atoms with E-state index < -0.39 is 35.5 Å². The minimum atomic E-state index is -0.700. The third-order valence-electron chi connectivity index (χ3n) is 5.65. The molecular formula is C28H35NO6. The first-order valence-corrected chi connectivity index (χ1v) is 12.1. The number of carbonyl (C=O) groups is 3. The number of carbonyl (C=O) groups excluding carboxylic acids is 3. The first kappa shape index (κ1) is 26.4. The van der Waals surface area contributed by atoms with Gasteiger partial charge in [-0.3, -0.25) is 9.59 Å². The van der Waals surface area contributed by atoms with E-state index in [0.29, 0.717) is 32.5 Å². The summed E-state index contributed by atoms with van der Waals surface area (Å²) >= 11 is 0. The van der Waals surface area contributed by atoms with Crippen LogP contribution in [0.2, 0.25) is 0 Å². The number of amides is 2. The summed E-state index contributed by atoms with van der Waals surface area (Å²) in [6.45, 7) is 6.40. The third-order valence-corrected chi connectivity index (χ3v) is 5.65. The van der Waals surface area contributed by atoms with Gasteiger partial charge in [0.2, 0.25) is 5.91 Å². The number of cyclic esters (lactones) is 1. The maximum Gasteiger partial charge on any atom is 0.416 e. The van der Waals surface area contributed by atoms with Gasteiger partial charge in [0.15, 0.2) is 0 Å². The fourth-order valence-electron chi connectivity index (χ4n) is 4.06. The van der Waals surface area contributed by atoms with Crippen molar-refractivity contribution in [3.8, 4) is 0 Å². The monoisotopic (exact) mass is 481 g/mol. The van der Waals surface area contributed by atoms with Gasteiger partial charge in [0.1, 0.15) is 12.2 Å². The maximum atomic E-state index is 13.5. The number of esters is 1. The van der Waals surface area contributed by atoms with Crippen LogP contribution in [-0.2, 0) is 36.8 Å². The quantitative estimate of drug-likeness (QED) is 0.335. The van der Waals surface area contributed by atoms with Crippen LogP contribution in [0.1, 0.15) is 51.2 Å². The van der Waals surface area contributed by atoms with Crippen LogP contribution in [0.3, 0.4) is 0 Å². The molecule has 0 radical (unpaired) electrons. The molecule has 0 aliphatic carbocycles. The van der Waals surface area contributed by atoms with Gasteiger partial charge < -0.3 is 14.2 Å². The topological polar surface area (TPSA) is 82.1 Å². The molecule has 2 atom stereocenters. The van der Waals surface area contributed by atoms with E-state index in [1.807, 2.05) is 60.7 Å². The molecule has 0 spiro atoms. The molecule has 35 heavy (non-hydrogen) atoms. The van der Waals surface area contributed by atoms with Crippen molar-refractivity contribution in [2.45, 2.75) is 64.7 Å². The number of imide groups is 1. The van der Waals surface area contributed by atoms with E-state index in [1.54, 1.807) is 20.8 Å². The summed E-state index contributed by atoms with van der Waals surface area (Å²) in [6.07, 6.45) is 0.701. The van der Waals surface area contributed by atoms with Gasteiger partial charge in [-0.25, -0.2) is 9.69 Å². The Morgan fingerprint density at radius 2 is 1.66 bits per heavy atom. The molecular weight excluding hydrogens is 446 g/mol. The number of rotatable bonds is 11. The van der Waals surface area contributed by atoms with Gasteiger partial charge >= 0.3 is 12.1 Å². The molecule has 2 amide bonds. The lowest BCUT2D eigenvalue weighted by Crippen LogP contribution is -2.44. The molecule has 188 valence electrons. The number of hydrogen-bond donors (Lipinski definition) is 0. The van der Waals surface area contributed by atoms with Gasteiger partial charge in [-0.05, 0) is 51.2 Å². The van der Waals surface area contributed by atoms with E-state index in [-0.39, 0.29) is 13.0 Å². The second-order valence-electron chi connectivity index (χ2n) is 9.80. The van der Waals surface area contributed by atoms with Gasteiger partial charge in [-0.1, -0.05) is 60.7 Å². The fourth-order valence-corrected chi connectivity index (χ4v) is 4.06. The minimum absolute atomic E-state index is 0.101. The predicted octanol–water partition coefficient (Wildman–Crippen LogP) is 4.92. The molecule has 1 heterocycles. The zero-order chi connectivity index (χ0) is 25.3. The van der Waals surface area contributed by atoms with E-state index in [1.165, 1.54) is 4.90 Å². The lowest BCUT2D eigenvalue weighted by atomic mass is 9.96. The van der Waals surface area contributed by atoms with Crippen LogP contribution >= 0.6 is 0 Å². The van der Waals surface area contributed by atoms with E-state index in [9.17, 15) is 14.4 Å². The van der Waals surface area contributed by atoms with Crippen molar-refractivity contribution in [2.24, 2.45) is 5.92 Å². The van der Waals surface area contributed by atoms with Crippen molar-refractivity contribution in [2.75, 3.05) is 13.2 Å². The molecule has 0 saturated carbocycles. The van der Waals surface area contributed by atoms with Crippen molar-refractivity contribution in [1.29, 1.82) is 0 Å². The first-order valence-electron chi connectivity index (χ1n) is 12.1. The lowest BCUT2D eigenvalue weighted by Gasteiger charge is -2.26. The number of benzene rings is 2.